The predicted octanol–water partition coefficient (Wildman–Crippen LogP) is 1.16. The molecule has 0 radical (unpaired) electrons. The van der Waals surface area contributed by atoms with E-state index in [2.05, 4.69) is 4.98 Å². The molecule has 1 aromatic heterocycles. The molecule has 0 unspecified atom stereocenters. The Kier molecular flexibility index (Phi) is 5.18. The Bertz CT molecular complexity index is 551. The molecule has 0 aromatic carbocycles. The Labute approximate surface area is 127 Å². The van der Waals surface area contributed by atoms with Crippen molar-refractivity contribution in [1.82, 2.24) is 14.2 Å². The molecule has 21 heavy (non-hydrogen) atoms. The zero-order valence-corrected chi connectivity index (χ0v) is 13.5. The van der Waals surface area contributed by atoms with Crippen LogP contribution in [-0.4, -0.2) is 55.8 Å². The molecule has 2 N–H and O–H groups in total. The molecular formula is C14H24N4O2S. The maximum Gasteiger partial charge on any atom is 0.244 e. The average Bonchev–Trinajstić information content (AvgIpc) is 2.92. The number of hydrogen-bond acceptors (Lipinski definition) is 5. The highest BCUT2D eigenvalue weighted by Crippen LogP contribution is 2.28. The standard InChI is InChI=1S/C14H24N4O2S/c1-17(2)9-10-18(12-5-3-4-6-12)21(19,20)13-7-8-14(15)16-11-13/h7-8,11-12H,3-6,9-10H2,1-2H3,(H2,15,16). The van der Waals surface area contributed by atoms with Gasteiger partial charge >= 0.3 is 0 Å². The number of likely N-dealkylation sites (N-methyl/N-ethyl adjacent to an activating group) is 1. The van der Waals surface area contributed by atoms with Crippen LogP contribution < -0.4 is 5.73 Å². The molecule has 1 saturated carbocycles. The molecule has 1 heterocycles. The molecule has 0 aliphatic heterocycles. The molecule has 0 amide bonds. The number of rotatable bonds is 6. The van der Waals surface area contributed by atoms with E-state index in [4.69, 9.17) is 5.73 Å². The molecule has 1 fully saturated rings. The monoisotopic (exact) mass is 312 g/mol. The number of anilines is 1. The Morgan fingerprint density at radius 3 is 2.43 bits per heavy atom. The van der Waals surface area contributed by atoms with E-state index in [0.29, 0.717) is 18.9 Å². The minimum Gasteiger partial charge on any atom is -0.384 e. The fourth-order valence-electron chi connectivity index (χ4n) is 2.67. The normalized spacial score (nSPS) is 17.0. The fraction of sp³-hybridized carbons (Fsp3) is 0.643. The van der Waals surface area contributed by atoms with Crippen molar-refractivity contribution < 1.29 is 8.42 Å². The van der Waals surface area contributed by atoms with Crippen molar-refractivity contribution in [1.29, 1.82) is 0 Å². The maximum absolute atomic E-state index is 12.9. The Balaban J connectivity index is 2.26. The Morgan fingerprint density at radius 2 is 1.90 bits per heavy atom. The molecule has 1 aliphatic rings. The van der Waals surface area contributed by atoms with E-state index in [-0.39, 0.29) is 10.9 Å². The van der Waals surface area contributed by atoms with Gasteiger partial charge in [-0.05, 0) is 39.1 Å². The van der Waals surface area contributed by atoms with Crippen molar-refractivity contribution in [2.75, 3.05) is 32.9 Å². The van der Waals surface area contributed by atoms with Crippen molar-refractivity contribution in [3.05, 3.63) is 18.3 Å². The summed E-state index contributed by atoms with van der Waals surface area (Å²) in [4.78, 5) is 6.13. The number of aromatic nitrogens is 1. The summed E-state index contributed by atoms with van der Waals surface area (Å²) in [5.41, 5.74) is 5.54. The van der Waals surface area contributed by atoms with Crippen LogP contribution in [0, 0.1) is 0 Å². The van der Waals surface area contributed by atoms with Gasteiger partial charge in [-0.15, -0.1) is 0 Å². The van der Waals surface area contributed by atoms with Crippen LogP contribution >= 0.6 is 0 Å². The second-order valence-electron chi connectivity index (χ2n) is 5.78. The maximum atomic E-state index is 12.9. The predicted molar refractivity (Wildman–Crippen MR) is 83.4 cm³/mol. The van der Waals surface area contributed by atoms with Crippen LogP contribution in [0.15, 0.2) is 23.2 Å². The summed E-state index contributed by atoms with van der Waals surface area (Å²) in [6, 6.07) is 3.17. The van der Waals surface area contributed by atoms with Crippen LogP contribution in [-0.2, 0) is 10.0 Å². The van der Waals surface area contributed by atoms with E-state index >= 15 is 0 Å². The Morgan fingerprint density at radius 1 is 1.24 bits per heavy atom. The zero-order chi connectivity index (χ0) is 15.5. The first-order valence-electron chi connectivity index (χ1n) is 7.29. The second-order valence-corrected chi connectivity index (χ2v) is 7.67. The van der Waals surface area contributed by atoms with Crippen LogP contribution in [0.5, 0.6) is 0 Å². The first-order valence-corrected chi connectivity index (χ1v) is 8.73. The van der Waals surface area contributed by atoms with Gasteiger partial charge in [-0.2, -0.15) is 4.31 Å². The van der Waals surface area contributed by atoms with E-state index < -0.39 is 10.0 Å². The molecule has 0 bridgehead atoms. The van der Waals surface area contributed by atoms with Crippen molar-refractivity contribution in [3.8, 4) is 0 Å². The first-order chi connectivity index (χ1) is 9.91. The summed E-state index contributed by atoms with van der Waals surface area (Å²) < 4.78 is 27.4. The third-order valence-electron chi connectivity index (χ3n) is 3.87. The van der Waals surface area contributed by atoms with Crippen molar-refractivity contribution in [2.24, 2.45) is 0 Å². The van der Waals surface area contributed by atoms with Crippen LogP contribution in [0.3, 0.4) is 0 Å². The zero-order valence-electron chi connectivity index (χ0n) is 12.7. The number of nitrogens with zero attached hydrogens (tertiary/aromatic N) is 3. The molecule has 7 heteroatoms. The third kappa shape index (κ3) is 3.93. The number of nitrogen functional groups attached to an aromatic ring is 1. The van der Waals surface area contributed by atoms with E-state index in [1.54, 1.807) is 4.31 Å². The summed E-state index contributed by atoms with van der Waals surface area (Å²) in [6.45, 7) is 1.21. The van der Waals surface area contributed by atoms with Crippen molar-refractivity contribution in [2.45, 2.75) is 36.6 Å². The van der Waals surface area contributed by atoms with E-state index in [1.807, 2.05) is 19.0 Å². The number of pyridine rings is 1. The summed E-state index contributed by atoms with van der Waals surface area (Å²) in [5.74, 6) is 0.328. The smallest absolute Gasteiger partial charge is 0.244 e. The number of hydrogen-bond donors (Lipinski definition) is 1. The van der Waals surface area contributed by atoms with Gasteiger partial charge in [0.1, 0.15) is 10.7 Å². The van der Waals surface area contributed by atoms with Gasteiger partial charge in [0.2, 0.25) is 10.0 Å². The average molecular weight is 312 g/mol. The summed E-state index contributed by atoms with van der Waals surface area (Å²) in [7, 11) is 0.389. The lowest BCUT2D eigenvalue weighted by Crippen LogP contribution is -2.42. The van der Waals surface area contributed by atoms with Gasteiger partial charge in [-0.3, -0.25) is 0 Å². The SMILES string of the molecule is CN(C)CCN(C1CCCC1)S(=O)(=O)c1ccc(N)nc1. The van der Waals surface area contributed by atoms with Gasteiger partial charge < -0.3 is 10.6 Å². The van der Waals surface area contributed by atoms with Gasteiger partial charge in [0, 0.05) is 25.3 Å². The van der Waals surface area contributed by atoms with Crippen LogP contribution in [0.4, 0.5) is 5.82 Å². The summed E-state index contributed by atoms with van der Waals surface area (Å²) >= 11 is 0. The quantitative estimate of drug-likeness (QED) is 0.852. The van der Waals surface area contributed by atoms with E-state index in [1.165, 1.54) is 18.3 Å². The van der Waals surface area contributed by atoms with Crippen molar-refractivity contribution >= 4 is 15.8 Å². The second kappa shape index (κ2) is 6.72. The molecule has 1 aliphatic carbocycles. The molecule has 0 spiro atoms. The van der Waals surface area contributed by atoms with Crippen molar-refractivity contribution in [3.63, 3.8) is 0 Å². The largest absolute Gasteiger partial charge is 0.384 e. The Hall–Kier alpha value is -1.18. The number of sulfonamides is 1. The molecule has 0 atom stereocenters. The lowest BCUT2D eigenvalue weighted by molar-refractivity contribution is 0.282. The molecule has 1 aromatic rings. The lowest BCUT2D eigenvalue weighted by atomic mass is 10.2. The topological polar surface area (TPSA) is 79.5 Å². The lowest BCUT2D eigenvalue weighted by Gasteiger charge is -2.29. The van der Waals surface area contributed by atoms with Gasteiger partial charge in [0.05, 0.1) is 0 Å². The third-order valence-corrected chi connectivity index (χ3v) is 5.80. The molecule has 2 rings (SSSR count). The van der Waals surface area contributed by atoms with E-state index in [9.17, 15) is 8.42 Å². The van der Waals surface area contributed by atoms with Crippen LogP contribution in [0.2, 0.25) is 0 Å². The minimum atomic E-state index is -3.51. The summed E-state index contributed by atoms with van der Waals surface area (Å²) in [6.07, 6.45) is 5.42. The molecule has 118 valence electrons. The van der Waals surface area contributed by atoms with Gasteiger partial charge in [-0.25, -0.2) is 13.4 Å². The highest BCUT2D eigenvalue weighted by atomic mass is 32.2. The minimum absolute atomic E-state index is 0.104. The number of nitrogens with two attached hydrogens (primary N) is 1. The van der Waals surface area contributed by atoms with E-state index in [0.717, 1.165) is 25.7 Å². The molecule has 0 saturated heterocycles. The van der Waals surface area contributed by atoms with Gasteiger partial charge in [0.15, 0.2) is 0 Å². The summed E-state index contributed by atoms with van der Waals surface area (Å²) in [5, 5.41) is 0. The van der Waals surface area contributed by atoms with Crippen LogP contribution in [0.1, 0.15) is 25.7 Å². The van der Waals surface area contributed by atoms with Gasteiger partial charge in [0.25, 0.3) is 0 Å². The first kappa shape index (κ1) is 16.2. The fourth-order valence-corrected chi connectivity index (χ4v) is 4.29. The van der Waals surface area contributed by atoms with Crippen LogP contribution in [0.25, 0.3) is 0 Å². The highest BCUT2D eigenvalue weighted by Gasteiger charge is 2.33. The molecular weight excluding hydrogens is 288 g/mol. The van der Waals surface area contributed by atoms with Gasteiger partial charge in [-0.1, -0.05) is 12.8 Å². The molecule has 6 nitrogen and oxygen atoms in total. The highest BCUT2D eigenvalue weighted by molar-refractivity contribution is 7.89.